The Bertz CT molecular complexity index is 159. The summed E-state index contributed by atoms with van der Waals surface area (Å²) in [7, 11) is 0. The molecule has 0 aromatic carbocycles. The minimum absolute atomic E-state index is 0.0145. The largest absolute Gasteiger partial charge is 0.353 e. The van der Waals surface area contributed by atoms with E-state index in [0.29, 0.717) is 6.54 Å². The molecule has 1 N–H and O–H groups in total. The van der Waals surface area contributed by atoms with Crippen molar-refractivity contribution in [3.8, 4) is 0 Å². The van der Waals surface area contributed by atoms with Crippen molar-refractivity contribution in [1.82, 2.24) is 5.32 Å². The van der Waals surface area contributed by atoms with Gasteiger partial charge in [0.15, 0.2) is 0 Å². The van der Waals surface area contributed by atoms with Gasteiger partial charge in [0.25, 0.3) is 0 Å². The van der Waals surface area contributed by atoms with Gasteiger partial charge in [-0.1, -0.05) is 24.3 Å². The fraction of sp³-hybridized carbons (Fsp3) is 0.444. The first-order valence-corrected chi connectivity index (χ1v) is 3.78. The van der Waals surface area contributed by atoms with Crippen LogP contribution in [0.3, 0.4) is 0 Å². The van der Waals surface area contributed by atoms with Crippen LogP contribution >= 0.6 is 0 Å². The Kier molecular flexibility index (Phi) is 6.39. The Labute approximate surface area is 68.0 Å². The maximum atomic E-state index is 10.4. The number of carbonyl (C=O) groups excluding carboxylic acids is 1. The minimum atomic E-state index is 0.0145. The summed E-state index contributed by atoms with van der Waals surface area (Å²) in [5, 5.41) is 2.67. The summed E-state index contributed by atoms with van der Waals surface area (Å²) in [6, 6.07) is 0. The molecule has 2 nitrogen and oxygen atoms in total. The van der Waals surface area contributed by atoms with E-state index < -0.39 is 0 Å². The van der Waals surface area contributed by atoms with Crippen LogP contribution < -0.4 is 5.32 Å². The number of carbonyl (C=O) groups is 1. The zero-order valence-corrected chi connectivity index (χ0v) is 7.13. The zero-order valence-electron chi connectivity index (χ0n) is 7.13. The van der Waals surface area contributed by atoms with E-state index in [-0.39, 0.29) is 5.91 Å². The van der Waals surface area contributed by atoms with Crippen molar-refractivity contribution in [3.63, 3.8) is 0 Å². The molecule has 1 amide bonds. The molecule has 0 aromatic rings. The monoisotopic (exact) mass is 153 g/mol. The second-order valence-corrected chi connectivity index (χ2v) is 2.21. The summed E-state index contributed by atoms with van der Waals surface area (Å²) >= 11 is 0. The summed E-state index contributed by atoms with van der Waals surface area (Å²) < 4.78 is 0. The second kappa shape index (κ2) is 7.06. The fourth-order valence-corrected chi connectivity index (χ4v) is 0.597. The van der Waals surface area contributed by atoms with Gasteiger partial charge in [0.1, 0.15) is 0 Å². The molecule has 0 aromatic heterocycles. The topological polar surface area (TPSA) is 29.1 Å². The Hall–Kier alpha value is -1.05. The Morgan fingerprint density at radius 3 is 2.64 bits per heavy atom. The Balaban J connectivity index is 3.23. The Morgan fingerprint density at radius 1 is 1.36 bits per heavy atom. The van der Waals surface area contributed by atoms with Gasteiger partial charge in [-0.25, -0.2) is 0 Å². The van der Waals surface area contributed by atoms with Crippen LogP contribution in [0.1, 0.15) is 20.3 Å². The summed E-state index contributed by atoms with van der Waals surface area (Å²) in [5.41, 5.74) is 0. The van der Waals surface area contributed by atoms with Crippen LogP contribution in [0.15, 0.2) is 24.3 Å². The van der Waals surface area contributed by atoms with Gasteiger partial charge in [-0.2, -0.15) is 0 Å². The van der Waals surface area contributed by atoms with E-state index in [1.807, 2.05) is 25.2 Å². The van der Waals surface area contributed by atoms with Gasteiger partial charge in [0.2, 0.25) is 5.91 Å². The number of hydrogen-bond acceptors (Lipinski definition) is 1. The van der Waals surface area contributed by atoms with Crippen molar-refractivity contribution in [1.29, 1.82) is 0 Å². The quantitative estimate of drug-likeness (QED) is 0.611. The molecule has 0 fully saturated rings. The van der Waals surface area contributed by atoms with E-state index in [0.717, 1.165) is 6.42 Å². The molecule has 0 rings (SSSR count). The van der Waals surface area contributed by atoms with E-state index in [4.69, 9.17) is 0 Å². The van der Waals surface area contributed by atoms with Crippen LogP contribution in [-0.4, -0.2) is 12.5 Å². The molecule has 0 saturated heterocycles. The number of allylic oxidation sites excluding steroid dienone is 3. The molecule has 0 radical (unpaired) electrons. The van der Waals surface area contributed by atoms with Gasteiger partial charge in [0.05, 0.1) is 0 Å². The van der Waals surface area contributed by atoms with Crippen LogP contribution in [-0.2, 0) is 4.79 Å². The molecule has 0 heterocycles. The van der Waals surface area contributed by atoms with Gasteiger partial charge in [-0.05, 0) is 13.3 Å². The lowest BCUT2D eigenvalue weighted by molar-refractivity contribution is -0.118. The Morgan fingerprint density at radius 2 is 2.09 bits per heavy atom. The maximum absolute atomic E-state index is 10.4. The molecule has 11 heavy (non-hydrogen) atoms. The summed E-state index contributed by atoms with van der Waals surface area (Å²) in [6.07, 6.45) is 8.97. The van der Waals surface area contributed by atoms with E-state index >= 15 is 0 Å². The van der Waals surface area contributed by atoms with Crippen molar-refractivity contribution >= 4 is 5.91 Å². The van der Waals surface area contributed by atoms with Crippen LogP contribution in [0.25, 0.3) is 0 Å². The number of nitrogens with one attached hydrogen (secondary N) is 1. The average molecular weight is 153 g/mol. The maximum Gasteiger partial charge on any atom is 0.217 e. The third kappa shape index (κ3) is 8.95. The fourth-order valence-electron chi connectivity index (χ4n) is 0.597. The standard InChI is InChI=1S/C9H15NO/c1-3-4-5-6-7-8-10-9(2)11/h3-4,6-7H,5,8H2,1-2H3,(H,10,11)/b4-3+,7-6+. The molecule has 0 aliphatic heterocycles. The van der Waals surface area contributed by atoms with Crippen LogP contribution in [0.2, 0.25) is 0 Å². The summed E-state index contributed by atoms with van der Waals surface area (Å²) in [4.78, 5) is 10.4. The van der Waals surface area contributed by atoms with Crippen LogP contribution in [0.5, 0.6) is 0 Å². The molecule has 0 aliphatic carbocycles. The normalized spacial score (nSPS) is 11.1. The second-order valence-electron chi connectivity index (χ2n) is 2.21. The minimum Gasteiger partial charge on any atom is -0.353 e. The van der Waals surface area contributed by atoms with Gasteiger partial charge in [0, 0.05) is 13.5 Å². The third-order valence-electron chi connectivity index (χ3n) is 1.14. The van der Waals surface area contributed by atoms with E-state index in [9.17, 15) is 4.79 Å². The molecular weight excluding hydrogens is 138 g/mol. The molecule has 0 aliphatic rings. The highest BCUT2D eigenvalue weighted by Gasteiger charge is 1.82. The van der Waals surface area contributed by atoms with Crippen molar-refractivity contribution < 1.29 is 4.79 Å². The van der Waals surface area contributed by atoms with Crippen molar-refractivity contribution in [2.45, 2.75) is 20.3 Å². The van der Waals surface area contributed by atoms with Crippen molar-refractivity contribution in [2.75, 3.05) is 6.54 Å². The predicted octanol–water partition coefficient (Wildman–Crippen LogP) is 1.64. The van der Waals surface area contributed by atoms with Crippen LogP contribution in [0.4, 0.5) is 0 Å². The predicted molar refractivity (Wildman–Crippen MR) is 47.3 cm³/mol. The lowest BCUT2D eigenvalue weighted by atomic mass is 10.3. The third-order valence-corrected chi connectivity index (χ3v) is 1.14. The molecule has 0 unspecified atom stereocenters. The van der Waals surface area contributed by atoms with Crippen molar-refractivity contribution in [3.05, 3.63) is 24.3 Å². The average Bonchev–Trinajstić information content (AvgIpc) is 1.96. The highest BCUT2D eigenvalue weighted by molar-refractivity contribution is 5.72. The highest BCUT2D eigenvalue weighted by Crippen LogP contribution is 1.83. The molecule has 62 valence electrons. The molecule has 0 spiro atoms. The summed E-state index contributed by atoms with van der Waals surface area (Å²) in [5.74, 6) is 0.0145. The molecule has 0 atom stereocenters. The smallest absolute Gasteiger partial charge is 0.217 e. The number of amides is 1. The van der Waals surface area contributed by atoms with E-state index in [2.05, 4.69) is 11.4 Å². The van der Waals surface area contributed by atoms with Crippen LogP contribution in [0, 0.1) is 0 Å². The van der Waals surface area contributed by atoms with Gasteiger partial charge in [-0.15, -0.1) is 0 Å². The zero-order chi connectivity index (χ0) is 8.53. The first kappa shape index (κ1) is 9.95. The molecular formula is C9H15NO. The van der Waals surface area contributed by atoms with Gasteiger partial charge < -0.3 is 5.32 Å². The molecule has 0 saturated carbocycles. The SMILES string of the molecule is C/C=C/C/C=C/CNC(C)=O. The summed E-state index contributed by atoms with van der Waals surface area (Å²) in [6.45, 7) is 4.13. The number of hydrogen-bond donors (Lipinski definition) is 1. The molecule has 0 bridgehead atoms. The first-order chi connectivity index (χ1) is 5.27. The van der Waals surface area contributed by atoms with Gasteiger partial charge >= 0.3 is 0 Å². The van der Waals surface area contributed by atoms with Gasteiger partial charge in [-0.3, -0.25) is 4.79 Å². The first-order valence-electron chi connectivity index (χ1n) is 3.78. The highest BCUT2D eigenvalue weighted by atomic mass is 16.1. The van der Waals surface area contributed by atoms with Crippen molar-refractivity contribution in [2.24, 2.45) is 0 Å². The lowest BCUT2D eigenvalue weighted by Crippen LogP contribution is -2.19. The van der Waals surface area contributed by atoms with E-state index in [1.165, 1.54) is 6.92 Å². The number of rotatable bonds is 4. The molecule has 2 heteroatoms. The lowest BCUT2D eigenvalue weighted by Gasteiger charge is -1.92. The van der Waals surface area contributed by atoms with E-state index in [1.54, 1.807) is 0 Å².